The molecule has 0 aliphatic heterocycles. The molecule has 2 aromatic heterocycles. The Bertz CT molecular complexity index is 3120. The quantitative estimate of drug-likeness (QED) is 0.177. The predicted molar refractivity (Wildman–Crippen MR) is 211 cm³/mol. The molecule has 0 aliphatic rings. The fourth-order valence-electron chi connectivity index (χ4n) is 8.36. The number of para-hydroxylation sites is 4. The summed E-state index contributed by atoms with van der Waals surface area (Å²) in [4.78, 5) is 0. The second-order valence-corrected chi connectivity index (χ2v) is 13.2. The summed E-state index contributed by atoms with van der Waals surface area (Å²) >= 11 is 0. The molecule has 0 amide bonds. The third-order valence-electron chi connectivity index (χ3n) is 10.6. The van der Waals surface area contributed by atoms with E-state index in [2.05, 4.69) is 168 Å². The zero-order valence-electron chi connectivity index (χ0n) is 27.1. The third kappa shape index (κ3) is 3.85. The fraction of sp³-hybridized carbons (Fsp3) is 0. The third-order valence-corrected chi connectivity index (χ3v) is 10.6. The lowest BCUT2D eigenvalue weighted by Gasteiger charge is -2.16. The second-order valence-electron chi connectivity index (χ2n) is 13.2. The van der Waals surface area contributed by atoms with Gasteiger partial charge in [0.2, 0.25) is 0 Å². The van der Waals surface area contributed by atoms with Crippen LogP contribution in [-0.4, -0.2) is 4.57 Å². The maximum atomic E-state index is 6.45. The molecule has 0 bridgehead atoms. The van der Waals surface area contributed by atoms with Gasteiger partial charge in [0.25, 0.3) is 0 Å². The zero-order chi connectivity index (χ0) is 32.8. The van der Waals surface area contributed by atoms with Crippen LogP contribution in [0.2, 0.25) is 0 Å². The monoisotopic (exact) mass is 635 g/mol. The van der Waals surface area contributed by atoms with Gasteiger partial charge in [-0.2, -0.15) is 0 Å². The van der Waals surface area contributed by atoms with Gasteiger partial charge in [0.15, 0.2) is 0 Å². The zero-order valence-corrected chi connectivity index (χ0v) is 27.1. The highest BCUT2D eigenvalue weighted by atomic mass is 16.3. The summed E-state index contributed by atoms with van der Waals surface area (Å²) in [5, 5.41) is 12.5. The molecule has 50 heavy (non-hydrogen) atoms. The van der Waals surface area contributed by atoms with Crippen molar-refractivity contribution in [3.63, 3.8) is 0 Å². The molecule has 9 aromatic carbocycles. The van der Waals surface area contributed by atoms with Crippen LogP contribution in [0.4, 0.5) is 0 Å². The van der Waals surface area contributed by atoms with Crippen LogP contribution < -0.4 is 0 Å². The topological polar surface area (TPSA) is 18.1 Å². The van der Waals surface area contributed by atoms with Crippen molar-refractivity contribution in [1.82, 2.24) is 4.57 Å². The number of aromatic nitrogens is 1. The largest absolute Gasteiger partial charge is 0.455 e. The van der Waals surface area contributed by atoms with Gasteiger partial charge in [-0.25, -0.2) is 0 Å². The predicted octanol–water partition coefficient (Wildman–Crippen LogP) is 13.5. The van der Waals surface area contributed by atoms with Gasteiger partial charge in [-0.15, -0.1) is 0 Å². The van der Waals surface area contributed by atoms with Gasteiger partial charge in [-0.3, -0.25) is 0 Å². The minimum Gasteiger partial charge on any atom is -0.455 e. The molecule has 0 N–H and O–H groups in total. The van der Waals surface area contributed by atoms with E-state index < -0.39 is 0 Å². The molecule has 2 heterocycles. The number of hydrogen-bond acceptors (Lipinski definition) is 1. The smallest absolute Gasteiger partial charge is 0.143 e. The standard InChI is InChI=1S/C48H29NO/c1-2-15-36-34(13-1)35-14-3-4-16-37(35)42-28-30(24-26-38(36)42)32-12-5-8-21-44(32)49-45-22-9-6-17-39(45)43-29-31(25-27-46(43)49)33-19-11-20-41-40-18-7-10-23-47(40)50-48(33)41/h1-29H. The van der Waals surface area contributed by atoms with E-state index in [0.717, 1.165) is 38.8 Å². The summed E-state index contributed by atoms with van der Waals surface area (Å²) in [5.41, 5.74) is 10.0. The lowest BCUT2D eigenvalue weighted by molar-refractivity contribution is 0.670. The van der Waals surface area contributed by atoms with E-state index in [9.17, 15) is 0 Å². The van der Waals surface area contributed by atoms with Gasteiger partial charge in [0, 0.05) is 32.7 Å². The molecule has 2 nitrogen and oxygen atoms in total. The van der Waals surface area contributed by atoms with E-state index in [4.69, 9.17) is 4.42 Å². The fourth-order valence-corrected chi connectivity index (χ4v) is 8.36. The minimum absolute atomic E-state index is 0.916. The number of rotatable bonds is 3. The Morgan fingerprint density at radius 1 is 0.320 bits per heavy atom. The van der Waals surface area contributed by atoms with Crippen LogP contribution in [0, 0.1) is 0 Å². The molecule has 0 aliphatic carbocycles. The normalized spacial score (nSPS) is 12.0. The van der Waals surface area contributed by atoms with Gasteiger partial charge in [-0.05, 0) is 79.8 Å². The Balaban J connectivity index is 1.14. The summed E-state index contributed by atoms with van der Waals surface area (Å²) in [5.74, 6) is 0. The first-order valence-corrected chi connectivity index (χ1v) is 17.2. The molecular formula is C48H29NO. The molecule has 0 spiro atoms. The van der Waals surface area contributed by atoms with Crippen molar-refractivity contribution in [3.05, 3.63) is 176 Å². The van der Waals surface area contributed by atoms with Crippen LogP contribution in [0.25, 0.3) is 104 Å². The molecule has 0 radical (unpaired) electrons. The molecule has 0 saturated carbocycles. The maximum Gasteiger partial charge on any atom is 0.143 e. The maximum absolute atomic E-state index is 6.45. The molecule has 0 saturated heterocycles. The van der Waals surface area contributed by atoms with E-state index in [1.807, 2.05) is 12.1 Å². The van der Waals surface area contributed by atoms with Crippen molar-refractivity contribution in [2.45, 2.75) is 0 Å². The van der Waals surface area contributed by atoms with Crippen LogP contribution in [0.5, 0.6) is 0 Å². The Morgan fingerprint density at radius 2 is 0.840 bits per heavy atom. The average Bonchev–Trinajstić information content (AvgIpc) is 3.73. The van der Waals surface area contributed by atoms with Gasteiger partial charge < -0.3 is 8.98 Å². The van der Waals surface area contributed by atoms with E-state index >= 15 is 0 Å². The van der Waals surface area contributed by atoms with E-state index in [0.29, 0.717) is 0 Å². The second kappa shape index (κ2) is 10.4. The van der Waals surface area contributed by atoms with E-state index in [1.54, 1.807) is 0 Å². The number of benzene rings is 9. The van der Waals surface area contributed by atoms with Crippen molar-refractivity contribution in [3.8, 4) is 27.9 Å². The minimum atomic E-state index is 0.916. The highest BCUT2D eigenvalue weighted by Crippen LogP contribution is 2.42. The molecule has 11 aromatic rings. The first-order valence-electron chi connectivity index (χ1n) is 17.2. The van der Waals surface area contributed by atoms with Gasteiger partial charge in [0.05, 0.1) is 16.7 Å². The molecule has 232 valence electrons. The Morgan fingerprint density at radius 3 is 1.64 bits per heavy atom. The van der Waals surface area contributed by atoms with Crippen molar-refractivity contribution < 1.29 is 4.42 Å². The Kier molecular flexibility index (Phi) is 5.70. The van der Waals surface area contributed by atoms with Gasteiger partial charge >= 0.3 is 0 Å². The highest BCUT2D eigenvalue weighted by Gasteiger charge is 2.18. The molecule has 2 heteroatoms. The van der Waals surface area contributed by atoms with E-state index in [-0.39, 0.29) is 0 Å². The van der Waals surface area contributed by atoms with Crippen LogP contribution >= 0.6 is 0 Å². The summed E-state index contributed by atoms with van der Waals surface area (Å²) in [6.07, 6.45) is 0. The molecule has 0 fully saturated rings. The Labute approximate surface area is 288 Å². The number of fused-ring (bicyclic) bond motifs is 12. The summed E-state index contributed by atoms with van der Waals surface area (Å²) in [6.45, 7) is 0. The first-order chi connectivity index (χ1) is 24.8. The van der Waals surface area contributed by atoms with Crippen molar-refractivity contribution in [2.24, 2.45) is 0 Å². The van der Waals surface area contributed by atoms with Crippen molar-refractivity contribution >= 4 is 76.1 Å². The number of hydrogen-bond donors (Lipinski definition) is 0. The molecule has 11 rings (SSSR count). The molecule has 0 unspecified atom stereocenters. The Hall–Kier alpha value is -6.64. The van der Waals surface area contributed by atoms with Crippen LogP contribution in [-0.2, 0) is 0 Å². The van der Waals surface area contributed by atoms with Gasteiger partial charge in [-0.1, -0.05) is 140 Å². The number of nitrogens with zero attached hydrogens (tertiary/aromatic N) is 1. The van der Waals surface area contributed by atoms with Crippen molar-refractivity contribution in [2.75, 3.05) is 0 Å². The van der Waals surface area contributed by atoms with E-state index in [1.165, 1.54) is 65.3 Å². The first kappa shape index (κ1) is 27.3. The lowest BCUT2D eigenvalue weighted by atomic mass is 9.92. The SMILES string of the molecule is c1ccc(-n2c3ccccc3c3cc(-c4cccc5c4oc4ccccc45)ccc32)c(-c2ccc3c4ccccc4c4ccccc4c3c2)c1. The lowest BCUT2D eigenvalue weighted by Crippen LogP contribution is -1.97. The molecule has 0 atom stereocenters. The summed E-state index contributed by atoms with van der Waals surface area (Å²) in [7, 11) is 0. The highest BCUT2D eigenvalue weighted by molar-refractivity contribution is 6.26. The van der Waals surface area contributed by atoms with Crippen molar-refractivity contribution in [1.29, 1.82) is 0 Å². The van der Waals surface area contributed by atoms with Crippen LogP contribution in [0.15, 0.2) is 180 Å². The molecular weight excluding hydrogens is 607 g/mol. The average molecular weight is 636 g/mol. The van der Waals surface area contributed by atoms with Gasteiger partial charge in [0.1, 0.15) is 11.2 Å². The van der Waals surface area contributed by atoms with Crippen LogP contribution in [0.3, 0.4) is 0 Å². The van der Waals surface area contributed by atoms with Crippen LogP contribution in [0.1, 0.15) is 0 Å². The summed E-state index contributed by atoms with van der Waals surface area (Å²) in [6, 6.07) is 63.8. The number of furan rings is 1. The summed E-state index contributed by atoms with van der Waals surface area (Å²) < 4.78 is 8.89.